The number of halogens is 6. The van der Waals surface area contributed by atoms with Gasteiger partial charge in [-0.3, -0.25) is 14.6 Å². The van der Waals surface area contributed by atoms with Gasteiger partial charge in [0.1, 0.15) is 23.1 Å². The number of anilines is 1. The van der Waals surface area contributed by atoms with Crippen molar-refractivity contribution in [3.63, 3.8) is 0 Å². The Morgan fingerprint density at radius 1 is 1.16 bits per heavy atom. The number of hydrogen-bond donors (Lipinski definition) is 1. The topological polar surface area (TPSA) is 104 Å². The number of aryl methyl sites for hydroxylation is 1. The Bertz CT molecular complexity index is 1650. The third-order valence-corrected chi connectivity index (χ3v) is 9.12. The Morgan fingerprint density at radius 2 is 1.86 bits per heavy atom. The van der Waals surface area contributed by atoms with E-state index in [2.05, 4.69) is 15.2 Å². The number of hydrogen-bond acceptors (Lipinski definition) is 5. The summed E-state index contributed by atoms with van der Waals surface area (Å²) in [5.74, 6) is -3.66. The van der Waals surface area contributed by atoms with Gasteiger partial charge in [0, 0.05) is 37.5 Å². The number of nitrogens with zero attached hydrogens (tertiary/aromatic N) is 6. The van der Waals surface area contributed by atoms with Gasteiger partial charge in [0.25, 0.3) is 11.8 Å². The molecule has 228 valence electrons. The molecule has 0 unspecified atom stereocenters. The molecule has 0 radical (unpaired) electrons. The van der Waals surface area contributed by atoms with Crippen molar-refractivity contribution in [2.24, 2.45) is 7.05 Å². The van der Waals surface area contributed by atoms with Crippen molar-refractivity contribution >= 4 is 29.4 Å². The largest absolute Gasteiger partial charge is 0.465 e. The lowest BCUT2D eigenvalue weighted by Crippen LogP contribution is -2.53. The third kappa shape index (κ3) is 4.79. The highest BCUT2D eigenvalue weighted by molar-refractivity contribution is 6.29. The summed E-state index contributed by atoms with van der Waals surface area (Å²) in [4.78, 5) is 32.0. The second-order valence-corrected chi connectivity index (χ2v) is 12.3. The van der Waals surface area contributed by atoms with Gasteiger partial charge in [0.05, 0.1) is 17.5 Å². The number of aromatic nitrogens is 4. The van der Waals surface area contributed by atoms with E-state index in [0.29, 0.717) is 12.8 Å². The number of carbonyl (C=O) groups excluding carboxylic acids is 1. The van der Waals surface area contributed by atoms with Gasteiger partial charge in [-0.2, -0.15) is 13.2 Å². The molecule has 1 aromatic carbocycles. The molecule has 3 aromatic rings. The maximum absolute atomic E-state index is 14.3. The molecule has 1 aliphatic heterocycles. The zero-order valence-corrected chi connectivity index (χ0v) is 23.8. The van der Waals surface area contributed by atoms with Crippen LogP contribution in [0.4, 0.5) is 32.6 Å². The Labute approximate surface area is 247 Å². The molecule has 2 fully saturated rings. The molecule has 43 heavy (non-hydrogen) atoms. The molecule has 2 aromatic heterocycles. The molecule has 3 aliphatic rings. The Hall–Kier alpha value is -3.81. The summed E-state index contributed by atoms with van der Waals surface area (Å²) in [5.41, 5.74) is -3.32. The average Bonchev–Trinajstić information content (AvgIpc) is 3.45. The number of carbonyl (C=O) groups is 2. The standard InChI is InChI=1S/C28H26ClF5N6O3/c1-25(4-3-5-25)40(24(42)43)10-15-6-17-18(19(7-15)28(32,33)34)11-39(22(17)41)21-9-16(8-20(29)36-21)26(12-27(30,31)13-26)23-37-35-14-38(23)2/h6-9,14H,3-5,10-13H2,1-2H3,(H,42,43). The van der Waals surface area contributed by atoms with E-state index < -0.39 is 60.0 Å². The molecule has 2 saturated carbocycles. The van der Waals surface area contributed by atoms with Crippen LogP contribution in [0, 0.1) is 0 Å². The predicted molar refractivity (Wildman–Crippen MR) is 143 cm³/mol. The van der Waals surface area contributed by atoms with E-state index in [1.54, 1.807) is 14.0 Å². The number of fused-ring (bicyclic) bond motifs is 1. The Balaban J connectivity index is 1.40. The highest BCUT2D eigenvalue weighted by Gasteiger charge is 2.60. The van der Waals surface area contributed by atoms with E-state index in [1.165, 1.54) is 29.1 Å². The van der Waals surface area contributed by atoms with E-state index in [-0.39, 0.29) is 45.6 Å². The average molecular weight is 625 g/mol. The van der Waals surface area contributed by atoms with Gasteiger partial charge in [-0.05, 0) is 67.1 Å². The van der Waals surface area contributed by atoms with E-state index in [9.17, 15) is 36.6 Å². The van der Waals surface area contributed by atoms with Gasteiger partial charge in [0.15, 0.2) is 0 Å². The minimum absolute atomic E-state index is 0.0227. The SMILES string of the molecule is Cn1cnnc1C1(c2cc(Cl)nc(N3Cc4c(cc(CN(C(=O)O)C5(C)CCC5)cc4C(F)(F)F)C3=O)c2)CC(F)(F)C1. The highest BCUT2D eigenvalue weighted by atomic mass is 35.5. The molecule has 2 aliphatic carbocycles. The number of benzene rings is 1. The number of pyridine rings is 1. The maximum atomic E-state index is 14.3. The lowest BCUT2D eigenvalue weighted by Gasteiger charge is -2.46. The molecule has 2 amide bonds. The first kappa shape index (κ1) is 29.3. The number of amides is 2. The fourth-order valence-corrected chi connectivity index (χ4v) is 6.77. The molecular weight excluding hydrogens is 599 g/mol. The minimum Gasteiger partial charge on any atom is -0.465 e. The van der Waals surface area contributed by atoms with Crippen molar-refractivity contribution in [1.82, 2.24) is 24.6 Å². The van der Waals surface area contributed by atoms with Gasteiger partial charge < -0.3 is 9.67 Å². The maximum Gasteiger partial charge on any atom is 0.416 e. The molecule has 0 saturated heterocycles. The molecule has 0 bridgehead atoms. The summed E-state index contributed by atoms with van der Waals surface area (Å²) < 4.78 is 73.0. The van der Waals surface area contributed by atoms with E-state index in [4.69, 9.17) is 11.6 Å². The lowest BCUT2D eigenvalue weighted by atomic mass is 9.61. The fraction of sp³-hybridized carbons (Fsp3) is 0.464. The van der Waals surface area contributed by atoms with Crippen LogP contribution in [0.3, 0.4) is 0 Å². The van der Waals surface area contributed by atoms with E-state index >= 15 is 0 Å². The first-order valence-electron chi connectivity index (χ1n) is 13.5. The normalized spacial score (nSPS) is 19.9. The van der Waals surface area contributed by atoms with E-state index in [1.807, 2.05) is 0 Å². The zero-order valence-electron chi connectivity index (χ0n) is 23.1. The van der Waals surface area contributed by atoms with Crippen LogP contribution in [0.1, 0.15) is 77.5 Å². The monoisotopic (exact) mass is 624 g/mol. The number of carboxylic acid groups (broad SMARTS) is 1. The van der Waals surface area contributed by atoms with Gasteiger partial charge in [-0.1, -0.05) is 11.6 Å². The van der Waals surface area contributed by atoms with Crippen LogP contribution < -0.4 is 4.90 Å². The van der Waals surface area contributed by atoms with Gasteiger partial charge in [-0.15, -0.1) is 10.2 Å². The highest BCUT2D eigenvalue weighted by Crippen LogP contribution is 2.57. The van der Waals surface area contributed by atoms with Crippen molar-refractivity contribution in [3.05, 3.63) is 69.4 Å². The molecule has 6 rings (SSSR count). The van der Waals surface area contributed by atoms with Crippen molar-refractivity contribution in [3.8, 4) is 0 Å². The second kappa shape index (κ2) is 9.60. The molecule has 3 heterocycles. The van der Waals surface area contributed by atoms with Crippen molar-refractivity contribution in [2.45, 2.75) is 75.2 Å². The van der Waals surface area contributed by atoms with Crippen LogP contribution in [0.25, 0.3) is 0 Å². The van der Waals surface area contributed by atoms with Crippen LogP contribution in [0.2, 0.25) is 5.15 Å². The van der Waals surface area contributed by atoms with Crippen LogP contribution in [-0.4, -0.2) is 53.2 Å². The first-order valence-corrected chi connectivity index (χ1v) is 13.9. The van der Waals surface area contributed by atoms with Crippen LogP contribution >= 0.6 is 11.6 Å². The number of alkyl halides is 5. The number of rotatable bonds is 6. The molecular formula is C28H26ClF5N6O3. The molecule has 0 atom stereocenters. The van der Waals surface area contributed by atoms with E-state index in [0.717, 1.165) is 22.3 Å². The second-order valence-electron chi connectivity index (χ2n) is 11.9. The Kier molecular flexibility index (Phi) is 6.53. The predicted octanol–water partition coefficient (Wildman–Crippen LogP) is 6.18. The van der Waals surface area contributed by atoms with Crippen molar-refractivity contribution in [2.75, 3.05) is 4.90 Å². The van der Waals surface area contributed by atoms with Crippen LogP contribution in [-0.2, 0) is 31.7 Å². The van der Waals surface area contributed by atoms with Gasteiger partial charge in [0.2, 0.25) is 0 Å². The summed E-state index contributed by atoms with van der Waals surface area (Å²) in [6.45, 7) is 0.913. The van der Waals surface area contributed by atoms with Crippen LogP contribution in [0.5, 0.6) is 0 Å². The first-order chi connectivity index (χ1) is 20.0. The summed E-state index contributed by atoms with van der Waals surface area (Å²) in [6.07, 6.45) is -4.01. The summed E-state index contributed by atoms with van der Waals surface area (Å²) in [6, 6.07) is 4.91. The summed E-state index contributed by atoms with van der Waals surface area (Å²) in [5, 5.41) is 17.5. The molecule has 1 N–H and O–H groups in total. The van der Waals surface area contributed by atoms with Gasteiger partial charge >= 0.3 is 12.3 Å². The Morgan fingerprint density at radius 3 is 2.40 bits per heavy atom. The van der Waals surface area contributed by atoms with Crippen molar-refractivity contribution in [1.29, 1.82) is 0 Å². The zero-order chi connectivity index (χ0) is 31.1. The smallest absolute Gasteiger partial charge is 0.416 e. The van der Waals surface area contributed by atoms with Crippen molar-refractivity contribution < 1.29 is 36.6 Å². The molecule has 9 nitrogen and oxygen atoms in total. The fourth-order valence-electron chi connectivity index (χ4n) is 6.56. The van der Waals surface area contributed by atoms with Crippen LogP contribution in [0.15, 0.2) is 30.6 Å². The third-order valence-electron chi connectivity index (χ3n) is 8.93. The quantitative estimate of drug-likeness (QED) is 0.259. The van der Waals surface area contributed by atoms with Gasteiger partial charge in [-0.25, -0.2) is 18.6 Å². The minimum atomic E-state index is -4.84. The summed E-state index contributed by atoms with van der Waals surface area (Å²) >= 11 is 6.30. The lowest BCUT2D eigenvalue weighted by molar-refractivity contribution is -0.138. The molecule has 15 heteroatoms. The molecule has 0 spiro atoms. The summed E-state index contributed by atoms with van der Waals surface area (Å²) in [7, 11) is 1.60.